The number of anilines is 1. The molecule has 0 aliphatic carbocycles. The summed E-state index contributed by atoms with van der Waals surface area (Å²) in [4.78, 5) is 30.1. The molecule has 0 bridgehead atoms. The van der Waals surface area contributed by atoms with Gasteiger partial charge in [0.25, 0.3) is 10.0 Å². The second-order valence-corrected chi connectivity index (χ2v) is 13.8. The van der Waals surface area contributed by atoms with Crippen LogP contribution in [-0.2, 0) is 32.6 Å². The molecule has 4 aromatic rings. The van der Waals surface area contributed by atoms with E-state index >= 15 is 0 Å². The Kier molecular flexibility index (Phi) is 11.8. The van der Waals surface area contributed by atoms with Crippen molar-refractivity contribution in [3.8, 4) is 0 Å². The number of amides is 2. The first-order chi connectivity index (χ1) is 22.0. The van der Waals surface area contributed by atoms with Gasteiger partial charge in [-0.1, -0.05) is 109 Å². The fourth-order valence-electron chi connectivity index (χ4n) is 5.39. The average Bonchev–Trinajstić information content (AvgIpc) is 3.03. The van der Waals surface area contributed by atoms with Crippen LogP contribution in [0.15, 0.2) is 102 Å². The first-order valence-corrected chi connectivity index (χ1v) is 17.3. The number of carbonyl (C=O) groups excluding carboxylic acids is 2. The number of nitrogens with zero attached hydrogens (tertiary/aromatic N) is 2. The molecule has 0 aromatic heterocycles. The SMILES string of the molecule is CCCCNC(=O)[C@H](Cc1ccccc1)N(Cc1ccc(C)cc1)C(=O)CN(c1ccc(C)cc1C)S(=O)(=O)c1ccc(C)cc1. The zero-order valence-corrected chi connectivity index (χ0v) is 28.3. The Hall–Kier alpha value is -4.43. The molecule has 0 unspecified atom stereocenters. The van der Waals surface area contributed by atoms with Crippen LogP contribution in [0.25, 0.3) is 0 Å². The van der Waals surface area contributed by atoms with Crippen LogP contribution in [0.3, 0.4) is 0 Å². The highest BCUT2D eigenvalue weighted by atomic mass is 32.2. The molecule has 1 N–H and O–H groups in total. The minimum atomic E-state index is -4.15. The van der Waals surface area contributed by atoms with Gasteiger partial charge in [-0.15, -0.1) is 0 Å². The summed E-state index contributed by atoms with van der Waals surface area (Å²) in [5.74, 6) is -0.736. The number of benzene rings is 4. The van der Waals surface area contributed by atoms with E-state index in [-0.39, 0.29) is 23.8 Å². The second-order valence-electron chi connectivity index (χ2n) is 12.0. The van der Waals surface area contributed by atoms with Gasteiger partial charge in [-0.3, -0.25) is 13.9 Å². The average molecular weight is 640 g/mol. The van der Waals surface area contributed by atoms with Crippen LogP contribution < -0.4 is 9.62 Å². The minimum absolute atomic E-state index is 0.0918. The number of rotatable bonds is 14. The van der Waals surface area contributed by atoms with Gasteiger partial charge >= 0.3 is 0 Å². The third-order valence-electron chi connectivity index (χ3n) is 8.08. The van der Waals surface area contributed by atoms with E-state index in [4.69, 9.17) is 0 Å². The van der Waals surface area contributed by atoms with Gasteiger partial charge in [0.05, 0.1) is 10.6 Å². The van der Waals surface area contributed by atoms with Gasteiger partial charge in [-0.25, -0.2) is 8.42 Å². The van der Waals surface area contributed by atoms with Crippen LogP contribution >= 0.6 is 0 Å². The standard InChI is InChI=1S/C38H45N3O4S/c1-6-7-23-39-38(43)36(25-32-11-9-8-10-12-32)40(26-33-18-13-28(2)14-19-33)37(42)27-41(35-22-17-30(4)24-31(35)5)46(44,45)34-20-15-29(3)16-21-34/h8-22,24,36H,6-7,23,25-27H2,1-5H3,(H,39,43)/t36-/m0/s1. The maximum absolute atomic E-state index is 14.6. The highest BCUT2D eigenvalue weighted by molar-refractivity contribution is 7.92. The van der Waals surface area contributed by atoms with Crippen LogP contribution in [0.1, 0.15) is 53.1 Å². The molecule has 0 aliphatic heterocycles. The van der Waals surface area contributed by atoms with Gasteiger partial charge in [-0.05, 0) is 69.0 Å². The van der Waals surface area contributed by atoms with E-state index in [0.29, 0.717) is 12.2 Å². The van der Waals surface area contributed by atoms with Crippen molar-refractivity contribution in [3.05, 3.63) is 130 Å². The number of nitrogens with one attached hydrogen (secondary N) is 1. The summed E-state index contributed by atoms with van der Waals surface area (Å²) in [6, 6.07) is 28.6. The molecule has 46 heavy (non-hydrogen) atoms. The first-order valence-electron chi connectivity index (χ1n) is 15.8. The summed E-state index contributed by atoms with van der Waals surface area (Å²) < 4.78 is 29.7. The van der Waals surface area contributed by atoms with E-state index in [9.17, 15) is 18.0 Å². The molecule has 8 heteroatoms. The number of unbranched alkanes of at least 4 members (excludes halogenated alkanes) is 1. The van der Waals surface area contributed by atoms with Crippen LogP contribution in [0.4, 0.5) is 5.69 Å². The summed E-state index contributed by atoms with van der Waals surface area (Å²) in [7, 11) is -4.15. The molecule has 4 rings (SSSR count). The fourth-order valence-corrected chi connectivity index (χ4v) is 6.87. The number of hydrogen-bond acceptors (Lipinski definition) is 4. The van der Waals surface area contributed by atoms with Crippen molar-refractivity contribution < 1.29 is 18.0 Å². The van der Waals surface area contributed by atoms with Gasteiger partial charge in [0.1, 0.15) is 12.6 Å². The van der Waals surface area contributed by atoms with Crippen molar-refractivity contribution in [2.24, 2.45) is 0 Å². The van der Waals surface area contributed by atoms with Crippen molar-refractivity contribution in [3.63, 3.8) is 0 Å². The van der Waals surface area contributed by atoms with E-state index < -0.39 is 28.5 Å². The summed E-state index contributed by atoms with van der Waals surface area (Å²) in [5.41, 5.74) is 5.87. The van der Waals surface area contributed by atoms with E-state index in [1.165, 1.54) is 4.31 Å². The van der Waals surface area contributed by atoms with Crippen LogP contribution in [0, 0.1) is 27.7 Å². The second kappa shape index (κ2) is 15.7. The van der Waals surface area contributed by atoms with E-state index in [1.54, 1.807) is 35.2 Å². The molecular formula is C38H45N3O4S. The molecule has 2 amide bonds. The predicted octanol–water partition coefficient (Wildman–Crippen LogP) is 6.67. The third-order valence-corrected chi connectivity index (χ3v) is 9.86. The Morgan fingerprint density at radius 2 is 1.37 bits per heavy atom. The topological polar surface area (TPSA) is 86.8 Å². The van der Waals surface area contributed by atoms with Crippen molar-refractivity contribution in [2.45, 2.75) is 71.4 Å². The molecule has 0 fully saturated rings. The van der Waals surface area contributed by atoms with Crippen molar-refractivity contribution in [2.75, 3.05) is 17.4 Å². The van der Waals surface area contributed by atoms with Gasteiger partial charge in [0, 0.05) is 19.5 Å². The lowest BCUT2D eigenvalue weighted by Gasteiger charge is -2.34. The molecule has 0 saturated heterocycles. The van der Waals surface area contributed by atoms with Gasteiger partial charge in [0.15, 0.2) is 0 Å². The molecule has 242 valence electrons. The number of sulfonamides is 1. The molecule has 0 heterocycles. The number of aryl methyl sites for hydroxylation is 4. The Morgan fingerprint density at radius 3 is 1.98 bits per heavy atom. The van der Waals surface area contributed by atoms with Crippen LogP contribution in [-0.4, -0.2) is 44.3 Å². The number of carbonyl (C=O) groups is 2. The first kappa shape index (κ1) is 34.4. The zero-order chi connectivity index (χ0) is 33.3. The van der Waals surface area contributed by atoms with Gasteiger partial charge in [-0.2, -0.15) is 0 Å². The smallest absolute Gasteiger partial charge is 0.264 e. The lowest BCUT2D eigenvalue weighted by Crippen LogP contribution is -2.53. The monoisotopic (exact) mass is 639 g/mol. The lowest BCUT2D eigenvalue weighted by molar-refractivity contribution is -0.140. The molecule has 7 nitrogen and oxygen atoms in total. The van der Waals surface area contributed by atoms with E-state index in [2.05, 4.69) is 12.2 Å². The molecule has 0 saturated carbocycles. The predicted molar refractivity (Wildman–Crippen MR) is 185 cm³/mol. The Morgan fingerprint density at radius 1 is 0.761 bits per heavy atom. The quantitative estimate of drug-likeness (QED) is 0.156. The van der Waals surface area contributed by atoms with Crippen molar-refractivity contribution in [1.29, 1.82) is 0 Å². The van der Waals surface area contributed by atoms with Crippen LogP contribution in [0.2, 0.25) is 0 Å². The Bertz CT molecular complexity index is 1720. The summed E-state index contributed by atoms with van der Waals surface area (Å²) in [6.45, 7) is 9.87. The Labute approximate surface area is 274 Å². The zero-order valence-electron chi connectivity index (χ0n) is 27.5. The highest BCUT2D eigenvalue weighted by Gasteiger charge is 2.35. The molecule has 1 atom stereocenters. The maximum atomic E-state index is 14.6. The highest BCUT2D eigenvalue weighted by Crippen LogP contribution is 2.29. The minimum Gasteiger partial charge on any atom is -0.354 e. The molecule has 0 radical (unpaired) electrons. The fraction of sp³-hybridized carbons (Fsp3) is 0.316. The third kappa shape index (κ3) is 8.85. The van der Waals surface area contributed by atoms with Crippen LogP contribution in [0.5, 0.6) is 0 Å². The number of hydrogen-bond donors (Lipinski definition) is 1. The molecule has 0 aliphatic rings. The van der Waals surface area contributed by atoms with E-state index in [1.807, 2.05) is 94.4 Å². The molecule has 0 spiro atoms. The molecule has 4 aromatic carbocycles. The molecular weight excluding hydrogens is 595 g/mol. The lowest BCUT2D eigenvalue weighted by atomic mass is 10.0. The Balaban J connectivity index is 1.81. The summed E-state index contributed by atoms with van der Waals surface area (Å²) in [5, 5.41) is 3.03. The van der Waals surface area contributed by atoms with E-state index in [0.717, 1.165) is 46.2 Å². The maximum Gasteiger partial charge on any atom is 0.264 e. The van der Waals surface area contributed by atoms with Crippen molar-refractivity contribution >= 4 is 27.5 Å². The normalized spacial score (nSPS) is 11.9. The van der Waals surface area contributed by atoms with Crippen molar-refractivity contribution in [1.82, 2.24) is 10.2 Å². The van der Waals surface area contributed by atoms with Gasteiger partial charge < -0.3 is 10.2 Å². The summed E-state index contributed by atoms with van der Waals surface area (Å²) in [6.07, 6.45) is 2.01. The van der Waals surface area contributed by atoms with Gasteiger partial charge in [0.2, 0.25) is 11.8 Å². The summed E-state index contributed by atoms with van der Waals surface area (Å²) >= 11 is 0. The largest absolute Gasteiger partial charge is 0.354 e.